The van der Waals surface area contributed by atoms with E-state index in [0.717, 1.165) is 16.6 Å². The summed E-state index contributed by atoms with van der Waals surface area (Å²) >= 11 is 1.66. The van der Waals surface area contributed by atoms with E-state index in [1.807, 2.05) is 0 Å². The van der Waals surface area contributed by atoms with Crippen LogP contribution in [0.15, 0.2) is 12.1 Å². The zero-order valence-corrected chi connectivity index (χ0v) is 9.43. The van der Waals surface area contributed by atoms with Gasteiger partial charge in [-0.05, 0) is 32.4 Å². The maximum Gasteiger partial charge on any atom is 0.216 e. The van der Waals surface area contributed by atoms with Gasteiger partial charge in [0.1, 0.15) is 5.01 Å². The quantitative estimate of drug-likeness (QED) is 0.757. The number of aromatic nitrogens is 3. The molecule has 2 aromatic rings. The predicted octanol–water partition coefficient (Wildman–Crippen LogP) is 2.51. The topological polar surface area (TPSA) is 30.7 Å². The maximum atomic E-state index is 4.18. The third-order valence-corrected chi connectivity index (χ3v) is 3.27. The first-order valence-corrected chi connectivity index (χ1v) is 5.51. The molecule has 2 heterocycles. The number of hydrogen-bond acceptors (Lipinski definition) is 3. The first-order valence-electron chi connectivity index (χ1n) is 4.70. The van der Waals surface area contributed by atoms with Gasteiger partial charge in [0.25, 0.3) is 0 Å². The number of hydrogen-bond donors (Lipinski definition) is 0. The average Bonchev–Trinajstić information content (AvgIpc) is 2.73. The third kappa shape index (κ3) is 1.46. The molecule has 0 saturated heterocycles. The van der Waals surface area contributed by atoms with Crippen LogP contribution in [0.3, 0.4) is 0 Å². The van der Waals surface area contributed by atoms with E-state index in [1.54, 1.807) is 11.3 Å². The Morgan fingerprint density at radius 3 is 2.36 bits per heavy atom. The summed E-state index contributed by atoms with van der Waals surface area (Å²) in [6.45, 7) is 6.26. The molecule has 4 heteroatoms. The molecule has 0 amide bonds. The van der Waals surface area contributed by atoms with Gasteiger partial charge < -0.3 is 0 Å². The monoisotopic (exact) mass is 207 g/mol. The first kappa shape index (κ1) is 9.40. The zero-order chi connectivity index (χ0) is 10.1. The minimum atomic E-state index is 0.955. The molecule has 3 nitrogen and oxygen atoms in total. The van der Waals surface area contributed by atoms with Crippen molar-refractivity contribution in [2.24, 2.45) is 0 Å². The normalized spacial score (nSPS) is 10.8. The van der Waals surface area contributed by atoms with Crippen LogP contribution < -0.4 is 0 Å². The van der Waals surface area contributed by atoms with E-state index < -0.39 is 0 Å². The van der Waals surface area contributed by atoms with Crippen molar-refractivity contribution in [3.63, 3.8) is 0 Å². The van der Waals surface area contributed by atoms with E-state index in [-0.39, 0.29) is 0 Å². The lowest BCUT2D eigenvalue weighted by atomic mass is 10.5. The van der Waals surface area contributed by atoms with Gasteiger partial charge in [-0.3, -0.25) is 4.57 Å². The van der Waals surface area contributed by atoms with Crippen molar-refractivity contribution in [1.29, 1.82) is 0 Å². The van der Waals surface area contributed by atoms with E-state index in [9.17, 15) is 0 Å². The van der Waals surface area contributed by atoms with Crippen LogP contribution in [0.25, 0.3) is 5.13 Å². The van der Waals surface area contributed by atoms with Crippen LogP contribution in [-0.4, -0.2) is 14.8 Å². The van der Waals surface area contributed by atoms with E-state index in [1.165, 1.54) is 11.4 Å². The molecule has 2 aromatic heterocycles. The van der Waals surface area contributed by atoms with Gasteiger partial charge in [-0.1, -0.05) is 18.3 Å². The Balaban J connectivity index is 2.48. The van der Waals surface area contributed by atoms with Crippen molar-refractivity contribution in [2.75, 3.05) is 0 Å². The first-order chi connectivity index (χ1) is 6.72. The summed E-state index contributed by atoms with van der Waals surface area (Å²) in [5, 5.41) is 10.4. The molecule has 0 unspecified atom stereocenters. The Morgan fingerprint density at radius 2 is 1.86 bits per heavy atom. The fraction of sp³-hybridized carbons (Fsp3) is 0.400. The summed E-state index contributed by atoms with van der Waals surface area (Å²) in [6, 6.07) is 4.20. The van der Waals surface area contributed by atoms with Gasteiger partial charge in [0.2, 0.25) is 5.13 Å². The molecule has 0 saturated carbocycles. The van der Waals surface area contributed by atoms with E-state index in [4.69, 9.17) is 0 Å². The fourth-order valence-electron chi connectivity index (χ4n) is 1.45. The summed E-state index contributed by atoms with van der Waals surface area (Å²) in [6.07, 6.45) is 0.955. The largest absolute Gasteiger partial charge is 0.293 e. The molecule has 74 valence electrons. The fourth-order valence-corrected chi connectivity index (χ4v) is 2.35. The Morgan fingerprint density at radius 1 is 1.21 bits per heavy atom. The van der Waals surface area contributed by atoms with Crippen molar-refractivity contribution in [3.05, 3.63) is 28.5 Å². The molecule has 0 bridgehead atoms. The van der Waals surface area contributed by atoms with Gasteiger partial charge in [-0.2, -0.15) is 0 Å². The smallest absolute Gasteiger partial charge is 0.216 e. The highest BCUT2D eigenvalue weighted by molar-refractivity contribution is 7.13. The lowest BCUT2D eigenvalue weighted by Crippen LogP contribution is -1.97. The highest BCUT2D eigenvalue weighted by atomic mass is 32.1. The van der Waals surface area contributed by atoms with Crippen molar-refractivity contribution in [1.82, 2.24) is 14.8 Å². The van der Waals surface area contributed by atoms with Crippen molar-refractivity contribution in [2.45, 2.75) is 27.2 Å². The molecule has 14 heavy (non-hydrogen) atoms. The molecule has 0 aliphatic rings. The van der Waals surface area contributed by atoms with E-state index in [0.29, 0.717) is 0 Å². The molecule has 0 radical (unpaired) electrons. The second-order valence-electron chi connectivity index (χ2n) is 3.28. The molecule has 0 aliphatic carbocycles. The van der Waals surface area contributed by atoms with Crippen LogP contribution in [0.1, 0.15) is 23.3 Å². The minimum Gasteiger partial charge on any atom is -0.293 e. The summed E-state index contributed by atoms with van der Waals surface area (Å²) in [5.74, 6) is 0. The second-order valence-corrected chi connectivity index (χ2v) is 4.32. The van der Waals surface area contributed by atoms with Gasteiger partial charge in [0.05, 0.1) is 0 Å². The minimum absolute atomic E-state index is 0.955. The van der Waals surface area contributed by atoms with Crippen LogP contribution in [0.4, 0.5) is 0 Å². The molecular weight excluding hydrogens is 194 g/mol. The van der Waals surface area contributed by atoms with Crippen LogP contribution in [-0.2, 0) is 6.42 Å². The average molecular weight is 207 g/mol. The van der Waals surface area contributed by atoms with Gasteiger partial charge in [0.15, 0.2) is 0 Å². The lowest BCUT2D eigenvalue weighted by Gasteiger charge is -2.02. The highest BCUT2D eigenvalue weighted by Gasteiger charge is 2.08. The molecule has 0 N–H and O–H groups in total. The molecule has 0 spiro atoms. The van der Waals surface area contributed by atoms with E-state index in [2.05, 4.69) is 47.7 Å². The van der Waals surface area contributed by atoms with Crippen molar-refractivity contribution < 1.29 is 0 Å². The van der Waals surface area contributed by atoms with Crippen LogP contribution in [0.5, 0.6) is 0 Å². The predicted molar refractivity (Wildman–Crippen MR) is 58.1 cm³/mol. The Kier molecular flexibility index (Phi) is 2.37. The lowest BCUT2D eigenvalue weighted by molar-refractivity contribution is 0.895. The Hall–Kier alpha value is -1.16. The molecular formula is C10H13N3S. The third-order valence-electron chi connectivity index (χ3n) is 2.22. The number of aryl methyl sites for hydroxylation is 3. The molecule has 0 aliphatic heterocycles. The van der Waals surface area contributed by atoms with Crippen LogP contribution in [0.2, 0.25) is 0 Å². The SMILES string of the molecule is CCc1nnc(-n2c(C)ccc2C)s1. The summed E-state index contributed by atoms with van der Waals surface area (Å²) in [4.78, 5) is 0. The zero-order valence-electron chi connectivity index (χ0n) is 8.61. The molecule has 0 atom stereocenters. The van der Waals surface area contributed by atoms with Crippen molar-refractivity contribution >= 4 is 11.3 Å². The standard InChI is InChI=1S/C10H13N3S/c1-4-9-11-12-10(14-9)13-7(2)5-6-8(13)3/h5-6H,4H2,1-3H3. The second kappa shape index (κ2) is 3.53. The summed E-state index contributed by atoms with van der Waals surface area (Å²) < 4.78 is 2.14. The number of nitrogens with zero attached hydrogens (tertiary/aromatic N) is 3. The number of rotatable bonds is 2. The summed E-state index contributed by atoms with van der Waals surface area (Å²) in [7, 11) is 0. The molecule has 2 rings (SSSR count). The Bertz CT molecular complexity index is 422. The van der Waals surface area contributed by atoms with E-state index >= 15 is 0 Å². The van der Waals surface area contributed by atoms with Gasteiger partial charge in [-0.25, -0.2) is 0 Å². The van der Waals surface area contributed by atoms with Gasteiger partial charge in [-0.15, -0.1) is 10.2 Å². The van der Waals surface area contributed by atoms with Gasteiger partial charge in [0, 0.05) is 11.4 Å². The van der Waals surface area contributed by atoms with Gasteiger partial charge >= 0.3 is 0 Å². The van der Waals surface area contributed by atoms with Crippen LogP contribution >= 0.6 is 11.3 Å². The molecule has 0 aromatic carbocycles. The Labute approximate surface area is 87.4 Å². The van der Waals surface area contributed by atoms with Crippen molar-refractivity contribution in [3.8, 4) is 5.13 Å². The highest BCUT2D eigenvalue weighted by Crippen LogP contribution is 2.19. The van der Waals surface area contributed by atoms with Crippen LogP contribution in [0, 0.1) is 13.8 Å². The molecule has 0 fully saturated rings. The summed E-state index contributed by atoms with van der Waals surface area (Å²) in [5.41, 5.74) is 2.42. The maximum absolute atomic E-state index is 4.18.